The van der Waals surface area contributed by atoms with Crippen LogP contribution in [0.2, 0.25) is 0 Å². The van der Waals surface area contributed by atoms with Gasteiger partial charge in [0.25, 0.3) is 0 Å². The van der Waals surface area contributed by atoms with E-state index in [1.165, 1.54) is 0 Å². The van der Waals surface area contributed by atoms with Crippen molar-refractivity contribution in [2.75, 3.05) is 0 Å². The SMILES string of the molecule is [CaH2].[F][Zr]([F])([F])[F]. The van der Waals surface area contributed by atoms with Gasteiger partial charge in [0.2, 0.25) is 0 Å². The molecule has 0 aliphatic heterocycles. The van der Waals surface area contributed by atoms with E-state index in [9.17, 15) is 10.5 Å². The minimum atomic E-state index is -7.18. The van der Waals surface area contributed by atoms with Gasteiger partial charge in [-0.3, -0.25) is 0 Å². The maximum absolute atomic E-state index is 9.90. The summed E-state index contributed by atoms with van der Waals surface area (Å²) in [6.45, 7) is 0. The molecule has 0 aromatic heterocycles. The van der Waals surface area contributed by atoms with Gasteiger partial charge in [-0.1, -0.05) is 0 Å². The van der Waals surface area contributed by atoms with Crippen molar-refractivity contribution in [1.82, 2.24) is 0 Å². The zero-order valence-electron chi connectivity index (χ0n) is 2.01. The first-order chi connectivity index (χ1) is 2.00. The second-order valence-corrected chi connectivity index (χ2v) is 2.54. The Kier molecular flexibility index (Phi) is 6.85. The summed E-state index contributed by atoms with van der Waals surface area (Å²) in [7, 11) is 0. The second kappa shape index (κ2) is 3.82. The van der Waals surface area contributed by atoms with Gasteiger partial charge >= 0.3 is 70.9 Å². The van der Waals surface area contributed by atoms with E-state index in [0.29, 0.717) is 0 Å². The van der Waals surface area contributed by atoms with Crippen molar-refractivity contribution in [2.45, 2.75) is 0 Å². The summed E-state index contributed by atoms with van der Waals surface area (Å²) in [6.07, 6.45) is 0. The molecular formula is H2CaF4Zr. The Balaban J connectivity index is 0. The molecule has 0 aliphatic carbocycles. The first-order valence-electron chi connectivity index (χ1n) is 0.756. The molecule has 6 heavy (non-hydrogen) atoms. The van der Waals surface area contributed by atoms with Crippen molar-refractivity contribution >= 4 is 37.7 Å². The Hall–Kier alpha value is 1.86. The van der Waals surface area contributed by atoms with Crippen LogP contribution in [0.3, 0.4) is 0 Å². The van der Waals surface area contributed by atoms with Crippen LogP contribution >= 0.6 is 0 Å². The zero-order valence-corrected chi connectivity index (χ0v) is 4.47. The van der Waals surface area contributed by atoms with E-state index in [2.05, 4.69) is 0 Å². The molecule has 0 aromatic carbocycles. The number of hydrogen-bond acceptors (Lipinski definition) is 0. The van der Waals surface area contributed by atoms with Crippen LogP contribution < -0.4 is 0 Å². The Bertz CT molecular complexity index is 23.0. The van der Waals surface area contributed by atoms with Gasteiger partial charge in [-0.25, -0.2) is 0 Å². The molecule has 0 nitrogen and oxygen atoms in total. The summed E-state index contributed by atoms with van der Waals surface area (Å²) in [5.74, 6) is 0. The van der Waals surface area contributed by atoms with E-state index in [4.69, 9.17) is 0 Å². The fraction of sp³-hybridized carbons (Fsp3) is 0. The standard InChI is InChI=1S/Ca.4FH.Zr.2H/h;4*1H;;;/q;;;;;+4;;/p-4. The van der Waals surface area contributed by atoms with E-state index in [0.717, 1.165) is 0 Å². The topological polar surface area (TPSA) is 0 Å². The van der Waals surface area contributed by atoms with E-state index < -0.39 is 22.7 Å². The van der Waals surface area contributed by atoms with Crippen LogP contribution in [0.4, 0.5) is 10.5 Å². The summed E-state index contributed by atoms with van der Waals surface area (Å²) in [5, 5.41) is 0. The molecule has 0 atom stereocenters. The summed E-state index contributed by atoms with van der Waals surface area (Å²) < 4.78 is 39.6. The van der Waals surface area contributed by atoms with Gasteiger partial charge < -0.3 is 0 Å². The van der Waals surface area contributed by atoms with Crippen LogP contribution in [-0.2, 0) is 22.7 Å². The molecule has 0 spiro atoms. The predicted octanol–water partition coefficient (Wildman–Crippen LogP) is 0.762. The quantitative estimate of drug-likeness (QED) is 0.408. The number of hydrogen-bond donors (Lipinski definition) is 0. The number of halogens is 4. The van der Waals surface area contributed by atoms with Gasteiger partial charge in [0.1, 0.15) is 0 Å². The van der Waals surface area contributed by atoms with Crippen molar-refractivity contribution in [3.8, 4) is 0 Å². The molecule has 0 bridgehead atoms. The molecule has 0 aliphatic rings. The zero-order chi connectivity index (χ0) is 4.50. The van der Waals surface area contributed by atoms with Crippen LogP contribution in [-0.4, -0.2) is 37.7 Å². The average Bonchev–Trinajstić information content (AvgIpc) is 0.722. The van der Waals surface area contributed by atoms with Crippen LogP contribution in [0, 0.1) is 0 Å². The molecule has 0 fully saturated rings. The Morgan fingerprint density at radius 3 is 0.833 bits per heavy atom. The summed E-state index contributed by atoms with van der Waals surface area (Å²) in [6, 6.07) is 0. The van der Waals surface area contributed by atoms with Crippen molar-refractivity contribution in [2.24, 2.45) is 0 Å². The molecular weight excluding hydrogens is 207 g/mol. The van der Waals surface area contributed by atoms with Crippen LogP contribution in [0.1, 0.15) is 0 Å². The molecule has 0 radical (unpaired) electrons. The molecule has 0 unspecified atom stereocenters. The molecule has 0 aromatic rings. The fourth-order valence-electron chi connectivity index (χ4n) is 0. The molecule has 0 saturated heterocycles. The van der Waals surface area contributed by atoms with Crippen LogP contribution in [0.15, 0.2) is 0 Å². The number of rotatable bonds is 0. The van der Waals surface area contributed by atoms with Crippen LogP contribution in [0.25, 0.3) is 0 Å². The van der Waals surface area contributed by atoms with Crippen LogP contribution in [0.5, 0.6) is 0 Å². The monoisotopic (exact) mass is 208 g/mol. The molecule has 0 rings (SSSR count). The van der Waals surface area contributed by atoms with Crippen molar-refractivity contribution in [3.05, 3.63) is 0 Å². The Labute approximate surface area is 69.8 Å². The third kappa shape index (κ3) is 40.0. The summed E-state index contributed by atoms with van der Waals surface area (Å²) in [5.41, 5.74) is 0. The van der Waals surface area contributed by atoms with Gasteiger partial charge in [-0.05, 0) is 0 Å². The minimum absolute atomic E-state index is 0. The Morgan fingerprint density at radius 2 is 0.833 bits per heavy atom. The average molecular weight is 209 g/mol. The predicted molar refractivity (Wildman–Crippen MR) is 13.0 cm³/mol. The summed E-state index contributed by atoms with van der Waals surface area (Å²) in [4.78, 5) is 0. The van der Waals surface area contributed by atoms with E-state index >= 15 is 0 Å². The van der Waals surface area contributed by atoms with Gasteiger partial charge in [0, 0.05) is 0 Å². The first-order valence-corrected chi connectivity index (χ1v) is 4.47. The molecule has 0 amide bonds. The first kappa shape index (κ1) is 10.8. The van der Waals surface area contributed by atoms with Crippen molar-refractivity contribution in [1.29, 1.82) is 0 Å². The molecule has 36 valence electrons. The van der Waals surface area contributed by atoms with E-state index in [1.807, 2.05) is 0 Å². The molecule has 0 N–H and O–H groups in total. The molecule has 0 heterocycles. The third-order valence-electron chi connectivity index (χ3n) is 0. The fourth-order valence-corrected chi connectivity index (χ4v) is 0. The third-order valence-corrected chi connectivity index (χ3v) is 0. The Morgan fingerprint density at radius 1 is 0.833 bits per heavy atom. The normalized spacial score (nSPS) is 10.0. The van der Waals surface area contributed by atoms with Gasteiger partial charge in [-0.2, -0.15) is 0 Å². The maximum atomic E-state index is 9.90. The van der Waals surface area contributed by atoms with E-state index in [1.54, 1.807) is 0 Å². The van der Waals surface area contributed by atoms with Crippen molar-refractivity contribution in [3.63, 3.8) is 0 Å². The van der Waals surface area contributed by atoms with Gasteiger partial charge in [-0.15, -0.1) is 0 Å². The van der Waals surface area contributed by atoms with E-state index in [-0.39, 0.29) is 37.7 Å². The molecule has 0 saturated carbocycles. The van der Waals surface area contributed by atoms with Gasteiger partial charge in [0.15, 0.2) is 0 Å². The summed E-state index contributed by atoms with van der Waals surface area (Å²) >= 11 is -7.18. The molecule has 6 heteroatoms. The van der Waals surface area contributed by atoms with Gasteiger partial charge in [0.05, 0.1) is 0 Å². The second-order valence-electron chi connectivity index (χ2n) is 0.429. The van der Waals surface area contributed by atoms with Crippen molar-refractivity contribution < 1.29 is 33.2 Å².